The molecule has 2 aromatic rings. The molecule has 1 N–H and O–H groups in total. The Labute approximate surface area is 204 Å². The molecule has 5 rings (SSSR count). The lowest BCUT2D eigenvalue weighted by Gasteiger charge is -2.30. The monoisotopic (exact) mass is 478 g/mol. The van der Waals surface area contributed by atoms with Gasteiger partial charge in [0.1, 0.15) is 30.7 Å². The van der Waals surface area contributed by atoms with E-state index in [9.17, 15) is 14.7 Å². The van der Waals surface area contributed by atoms with Crippen LogP contribution in [0.2, 0.25) is 0 Å². The van der Waals surface area contributed by atoms with E-state index >= 15 is 0 Å². The molecule has 2 saturated heterocycles. The summed E-state index contributed by atoms with van der Waals surface area (Å²) in [6, 6.07) is 11.7. The van der Waals surface area contributed by atoms with Gasteiger partial charge >= 0.3 is 0 Å². The van der Waals surface area contributed by atoms with Crippen molar-refractivity contribution in [1.29, 1.82) is 0 Å². The molecule has 0 aromatic heterocycles. The minimum atomic E-state index is -0.739. The van der Waals surface area contributed by atoms with Crippen LogP contribution in [-0.2, 0) is 20.7 Å². The molecule has 2 aromatic carbocycles. The summed E-state index contributed by atoms with van der Waals surface area (Å²) in [4.78, 5) is 29.3. The average Bonchev–Trinajstić information content (AvgIpc) is 3.38. The summed E-state index contributed by atoms with van der Waals surface area (Å²) in [6.45, 7) is 6.11. The Hall–Kier alpha value is -3.36. The second-order valence-corrected chi connectivity index (χ2v) is 9.31. The summed E-state index contributed by atoms with van der Waals surface area (Å²) in [7, 11) is 1.58. The molecule has 0 saturated carbocycles. The van der Waals surface area contributed by atoms with Crippen molar-refractivity contribution in [1.82, 2.24) is 4.90 Å². The number of ether oxygens (including phenoxy) is 3. The van der Waals surface area contributed by atoms with Gasteiger partial charge in [-0.15, -0.1) is 0 Å². The third kappa shape index (κ3) is 4.51. The normalized spacial score (nSPS) is 23.9. The van der Waals surface area contributed by atoms with Gasteiger partial charge in [-0.1, -0.05) is 24.0 Å². The Bertz CT molecular complexity index is 1150. The maximum Gasteiger partial charge on any atom is 0.295 e. The summed E-state index contributed by atoms with van der Waals surface area (Å²) in [6.07, 6.45) is 0.748. The molecule has 2 unspecified atom stereocenters. The second kappa shape index (κ2) is 9.71. The van der Waals surface area contributed by atoms with Crippen molar-refractivity contribution in [3.63, 3.8) is 0 Å². The summed E-state index contributed by atoms with van der Waals surface area (Å²) in [5.41, 5.74) is 2.05. The van der Waals surface area contributed by atoms with Crippen molar-refractivity contribution < 1.29 is 33.8 Å². The lowest BCUT2D eigenvalue weighted by Crippen LogP contribution is -3.14. The predicted octanol–water partition coefficient (Wildman–Crippen LogP) is 0.158. The van der Waals surface area contributed by atoms with E-state index in [4.69, 9.17) is 14.2 Å². The number of nitrogens with one attached hydrogen (secondary N) is 1. The van der Waals surface area contributed by atoms with Crippen LogP contribution < -0.4 is 19.5 Å². The first-order valence-corrected chi connectivity index (χ1v) is 12.1. The van der Waals surface area contributed by atoms with Gasteiger partial charge in [0, 0.05) is 12.0 Å². The molecule has 8 nitrogen and oxygen atoms in total. The number of hydrogen-bond donors (Lipinski definition) is 1. The zero-order valence-electron chi connectivity index (χ0n) is 20.0. The van der Waals surface area contributed by atoms with E-state index in [2.05, 4.69) is 0 Å². The van der Waals surface area contributed by atoms with E-state index in [0.717, 1.165) is 24.4 Å². The van der Waals surface area contributed by atoms with Crippen LogP contribution in [0.5, 0.6) is 11.5 Å². The molecule has 0 bridgehead atoms. The van der Waals surface area contributed by atoms with Gasteiger partial charge in [0.15, 0.2) is 0 Å². The van der Waals surface area contributed by atoms with Crippen LogP contribution in [0, 0.1) is 0 Å². The van der Waals surface area contributed by atoms with Gasteiger partial charge < -0.3 is 29.1 Å². The topological polar surface area (TPSA) is 92.6 Å². The molecule has 8 heteroatoms. The highest BCUT2D eigenvalue weighted by Crippen LogP contribution is 2.40. The van der Waals surface area contributed by atoms with Crippen LogP contribution in [0.3, 0.4) is 0 Å². The number of methoxy groups -OCH3 is 1. The number of benzene rings is 2. The SMILES string of the molecule is COc1ccc(C2/C(=C(\[O-])c3ccc4c(c3)CC(C)O4)C(=O)C(=O)N2CC[NH+]2CCOCC2)cc1. The third-order valence-corrected chi connectivity index (χ3v) is 7.03. The number of nitrogens with zero attached hydrogens (tertiary/aromatic N) is 1. The fourth-order valence-electron chi connectivity index (χ4n) is 5.14. The molecule has 3 aliphatic rings. The summed E-state index contributed by atoms with van der Waals surface area (Å²) < 4.78 is 16.5. The molecule has 0 radical (unpaired) electrons. The first-order valence-electron chi connectivity index (χ1n) is 12.1. The van der Waals surface area contributed by atoms with Crippen LogP contribution in [0.25, 0.3) is 5.76 Å². The van der Waals surface area contributed by atoms with Crippen molar-refractivity contribution in [2.24, 2.45) is 0 Å². The first-order chi connectivity index (χ1) is 17.0. The molecule has 3 aliphatic heterocycles. The molecular weight excluding hydrogens is 448 g/mol. The molecule has 35 heavy (non-hydrogen) atoms. The number of carbonyl (C=O) groups excluding carboxylic acids is 2. The van der Waals surface area contributed by atoms with Crippen molar-refractivity contribution >= 4 is 17.4 Å². The number of fused-ring (bicyclic) bond motifs is 1. The fraction of sp³-hybridized carbons (Fsp3) is 0.407. The van der Waals surface area contributed by atoms with Crippen LogP contribution in [-0.4, -0.2) is 69.2 Å². The summed E-state index contributed by atoms with van der Waals surface area (Å²) >= 11 is 0. The molecule has 0 spiro atoms. The lowest BCUT2D eigenvalue weighted by molar-refractivity contribution is -0.907. The maximum atomic E-state index is 13.7. The summed E-state index contributed by atoms with van der Waals surface area (Å²) in [5.74, 6) is -0.338. The Morgan fingerprint density at radius 2 is 1.89 bits per heavy atom. The number of morpholine rings is 1. The lowest BCUT2D eigenvalue weighted by atomic mass is 9.94. The Morgan fingerprint density at radius 3 is 2.60 bits per heavy atom. The predicted molar refractivity (Wildman–Crippen MR) is 126 cm³/mol. The minimum absolute atomic E-state index is 0.00376. The molecule has 184 valence electrons. The van der Waals surface area contributed by atoms with E-state index < -0.39 is 23.5 Å². The van der Waals surface area contributed by atoms with Crippen LogP contribution in [0.4, 0.5) is 0 Å². The number of Topliss-reactive ketones (excluding diaryl/α,β-unsaturated/α-hetero) is 1. The highest BCUT2D eigenvalue weighted by atomic mass is 16.5. The number of carbonyl (C=O) groups is 2. The van der Waals surface area contributed by atoms with Crippen molar-refractivity contribution in [3.8, 4) is 11.5 Å². The van der Waals surface area contributed by atoms with Gasteiger partial charge in [-0.2, -0.15) is 0 Å². The average molecular weight is 479 g/mol. The third-order valence-electron chi connectivity index (χ3n) is 7.03. The zero-order chi connectivity index (χ0) is 24.5. The fourth-order valence-corrected chi connectivity index (χ4v) is 5.14. The molecule has 3 heterocycles. The van der Waals surface area contributed by atoms with Crippen LogP contribution in [0.15, 0.2) is 48.0 Å². The molecule has 2 atom stereocenters. The highest BCUT2D eigenvalue weighted by Gasteiger charge is 2.44. The number of ketones is 1. The number of rotatable bonds is 6. The minimum Gasteiger partial charge on any atom is -0.872 e. The number of amides is 1. The van der Waals surface area contributed by atoms with Gasteiger partial charge in [0.25, 0.3) is 5.91 Å². The second-order valence-electron chi connectivity index (χ2n) is 9.31. The number of quaternary nitrogens is 1. The summed E-state index contributed by atoms with van der Waals surface area (Å²) in [5, 5.41) is 13.7. The van der Waals surface area contributed by atoms with Gasteiger partial charge in [0.05, 0.1) is 39.5 Å². The smallest absolute Gasteiger partial charge is 0.295 e. The van der Waals surface area contributed by atoms with Gasteiger partial charge in [0.2, 0.25) is 5.78 Å². The van der Waals surface area contributed by atoms with E-state index in [1.165, 1.54) is 4.90 Å². The van der Waals surface area contributed by atoms with E-state index in [1.54, 1.807) is 42.3 Å². The van der Waals surface area contributed by atoms with Crippen molar-refractivity contribution in [3.05, 3.63) is 64.7 Å². The quantitative estimate of drug-likeness (QED) is 0.361. The molecular formula is C27H30N2O6. The van der Waals surface area contributed by atoms with Crippen molar-refractivity contribution in [2.45, 2.75) is 25.5 Å². The number of likely N-dealkylation sites (tertiary alicyclic amines) is 1. The molecule has 0 aliphatic carbocycles. The largest absolute Gasteiger partial charge is 0.872 e. The highest BCUT2D eigenvalue weighted by molar-refractivity contribution is 6.46. The Kier molecular flexibility index (Phi) is 6.49. The van der Waals surface area contributed by atoms with E-state index in [-0.39, 0.29) is 11.7 Å². The maximum absolute atomic E-state index is 13.7. The van der Waals surface area contributed by atoms with Gasteiger partial charge in [-0.05, 0) is 47.9 Å². The number of hydrogen-bond acceptors (Lipinski definition) is 6. The van der Waals surface area contributed by atoms with Crippen LogP contribution in [0.1, 0.15) is 29.7 Å². The molecule has 1 amide bonds. The van der Waals surface area contributed by atoms with E-state index in [0.29, 0.717) is 49.6 Å². The molecule has 2 fully saturated rings. The van der Waals surface area contributed by atoms with E-state index in [1.807, 2.05) is 19.1 Å². The zero-order valence-corrected chi connectivity index (χ0v) is 20.0. The van der Waals surface area contributed by atoms with Crippen molar-refractivity contribution in [2.75, 3.05) is 46.5 Å². The Balaban J connectivity index is 1.53. The van der Waals surface area contributed by atoms with Crippen LogP contribution >= 0.6 is 0 Å². The van der Waals surface area contributed by atoms with Gasteiger partial charge in [-0.25, -0.2) is 0 Å². The van der Waals surface area contributed by atoms with Gasteiger partial charge in [-0.3, -0.25) is 9.59 Å². The Morgan fingerprint density at radius 1 is 1.14 bits per heavy atom. The first kappa shape index (κ1) is 23.4. The standard InChI is InChI=1S/C27H30N2O6/c1-17-15-20-16-19(5-8-22(20)35-17)25(30)23-24(18-3-6-21(33-2)7-4-18)29(27(32)26(23)31)10-9-28-11-13-34-14-12-28/h3-8,16-17,24,30H,9-15H2,1-2H3/b25-23+.